The molecule has 32 heavy (non-hydrogen) atoms. The zero-order chi connectivity index (χ0) is 23.3. The van der Waals surface area contributed by atoms with Gasteiger partial charge in [0.25, 0.3) is 5.91 Å². The molecule has 4 amide bonds. The number of hydrogen-bond donors (Lipinski definition) is 2. The number of rotatable bonds is 4. The van der Waals surface area contributed by atoms with Crippen molar-refractivity contribution < 1.29 is 32.3 Å². The van der Waals surface area contributed by atoms with Crippen LogP contribution in [0.25, 0.3) is 0 Å². The number of nitrogens with two attached hydrogens (primary N) is 1. The number of nitrogens with zero attached hydrogens (tertiary/aromatic N) is 3. The van der Waals surface area contributed by atoms with Gasteiger partial charge in [0.15, 0.2) is 0 Å². The highest BCUT2D eigenvalue weighted by molar-refractivity contribution is 6.05. The van der Waals surface area contributed by atoms with Crippen LogP contribution in [0.2, 0.25) is 0 Å². The third-order valence-corrected chi connectivity index (χ3v) is 5.26. The fourth-order valence-corrected chi connectivity index (χ4v) is 3.51. The number of benzene rings is 1. The molecule has 2 heterocycles. The largest absolute Gasteiger partial charge is 0.473 e. The summed E-state index contributed by atoms with van der Waals surface area (Å²) in [6, 6.07) is 4.94. The van der Waals surface area contributed by atoms with Gasteiger partial charge in [-0.2, -0.15) is 18.2 Å². The Balaban J connectivity index is 1.58. The van der Waals surface area contributed by atoms with Gasteiger partial charge in [-0.3, -0.25) is 9.59 Å². The van der Waals surface area contributed by atoms with E-state index in [4.69, 9.17) is 10.5 Å². The molecule has 2 aliphatic rings. The Morgan fingerprint density at radius 1 is 1.09 bits per heavy atom. The molecule has 2 saturated heterocycles. The summed E-state index contributed by atoms with van der Waals surface area (Å²) in [5, 5.41) is 2.75. The van der Waals surface area contributed by atoms with Gasteiger partial charge in [0, 0.05) is 37.3 Å². The summed E-state index contributed by atoms with van der Waals surface area (Å²) in [7, 11) is 0. The second kappa shape index (κ2) is 9.98. The quantitative estimate of drug-likeness (QED) is 0.521. The number of amides is 4. The lowest BCUT2D eigenvalue weighted by atomic mass is 10.1. The molecule has 174 valence electrons. The van der Waals surface area contributed by atoms with E-state index < -0.39 is 23.8 Å². The SMILES string of the molecule is NC(=NC(=O)C(F)(F)F)c1ccc(C(=O)NCC2COCCN2C(=O)N2CCCC2)cc1. The van der Waals surface area contributed by atoms with Gasteiger partial charge >= 0.3 is 18.1 Å². The van der Waals surface area contributed by atoms with Crippen molar-refractivity contribution in [1.82, 2.24) is 15.1 Å². The lowest BCUT2D eigenvalue weighted by molar-refractivity contribution is -0.169. The second-order valence-electron chi connectivity index (χ2n) is 7.49. The van der Waals surface area contributed by atoms with Gasteiger partial charge in [-0.05, 0) is 25.0 Å². The van der Waals surface area contributed by atoms with Crippen LogP contribution in [0.15, 0.2) is 29.3 Å². The number of amidine groups is 1. The van der Waals surface area contributed by atoms with Crippen molar-refractivity contribution in [2.45, 2.75) is 25.1 Å². The van der Waals surface area contributed by atoms with Crippen molar-refractivity contribution >= 4 is 23.7 Å². The number of halogens is 3. The molecule has 12 heteroatoms. The highest BCUT2D eigenvalue weighted by Crippen LogP contribution is 2.17. The minimum atomic E-state index is -5.11. The van der Waals surface area contributed by atoms with Gasteiger partial charge in [-0.25, -0.2) is 4.79 Å². The third-order valence-electron chi connectivity index (χ3n) is 5.26. The van der Waals surface area contributed by atoms with Gasteiger partial charge in [0.2, 0.25) is 0 Å². The maximum absolute atomic E-state index is 12.7. The minimum Gasteiger partial charge on any atom is -0.383 e. The van der Waals surface area contributed by atoms with Crippen LogP contribution >= 0.6 is 0 Å². The molecule has 1 unspecified atom stereocenters. The summed E-state index contributed by atoms with van der Waals surface area (Å²) >= 11 is 0. The van der Waals surface area contributed by atoms with E-state index in [1.165, 1.54) is 24.3 Å². The predicted octanol–water partition coefficient (Wildman–Crippen LogP) is 1.13. The molecule has 3 N–H and O–H groups in total. The number of morpholine rings is 1. The lowest BCUT2D eigenvalue weighted by Gasteiger charge is -2.37. The fourth-order valence-electron chi connectivity index (χ4n) is 3.51. The Hall–Kier alpha value is -3.15. The van der Waals surface area contributed by atoms with Crippen LogP contribution in [0, 0.1) is 0 Å². The summed E-state index contributed by atoms with van der Waals surface area (Å²) < 4.78 is 42.4. The Morgan fingerprint density at radius 3 is 2.34 bits per heavy atom. The topological polar surface area (TPSA) is 117 Å². The van der Waals surface area contributed by atoms with Gasteiger partial charge in [-0.15, -0.1) is 0 Å². The van der Waals surface area contributed by atoms with E-state index in [2.05, 4.69) is 10.3 Å². The lowest BCUT2D eigenvalue weighted by Crippen LogP contribution is -2.56. The molecular formula is C20H24F3N5O4. The summed E-state index contributed by atoms with van der Waals surface area (Å²) in [6.45, 7) is 2.82. The van der Waals surface area contributed by atoms with Crippen LogP contribution in [0.4, 0.5) is 18.0 Å². The third kappa shape index (κ3) is 5.75. The van der Waals surface area contributed by atoms with Crippen molar-refractivity contribution in [2.75, 3.05) is 39.4 Å². The van der Waals surface area contributed by atoms with Crippen molar-refractivity contribution in [3.8, 4) is 0 Å². The summed E-state index contributed by atoms with van der Waals surface area (Å²) in [5.74, 6) is -3.34. The van der Waals surface area contributed by atoms with Crippen LogP contribution in [0.1, 0.15) is 28.8 Å². The minimum absolute atomic E-state index is 0.0578. The van der Waals surface area contributed by atoms with E-state index in [9.17, 15) is 27.6 Å². The average molecular weight is 455 g/mol. The number of carbonyl (C=O) groups excluding carboxylic acids is 3. The van der Waals surface area contributed by atoms with Crippen molar-refractivity contribution in [1.29, 1.82) is 0 Å². The van der Waals surface area contributed by atoms with E-state index in [1.807, 2.05) is 0 Å². The number of ether oxygens (including phenoxy) is 1. The Kier molecular flexibility index (Phi) is 7.33. The summed E-state index contributed by atoms with van der Waals surface area (Å²) in [6.07, 6.45) is -3.16. The van der Waals surface area contributed by atoms with Crippen LogP contribution in [-0.2, 0) is 9.53 Å². The first kappa shape index (κ1) is 23.5. The fraction of sp³-hybridized carbons (Fsp3) is 0.500. The smallest absolute Gasteiger partial charge is 0.383 e. The molecule has 9 nitrogen and oxygen atoms in total. The van der Waals surface area contributed by atoms with E-state index in [0.29, 0.717) is 19.8 Å². The van der Waals surface area contributed by atoms with Crippen molar-refractivity contribution in [3.05, 3.63) is 35.4 Å². The number of urea groups is 1. The highest BCUT2D eigenvalue weighted by atomic mass is 19.4. The molecule has 0 aliphatic carbocycles. The molecule has 2 aliphatic heterocycles. The molecular weight excluding hydrogens is 431 g/mol. The van der Waals surface area contributed by atoms with Crippen LogP contribution in [-0.4, -0.2) is 85.1 Å². The van der Waals surface area contributed by atoms with Crippen LogP contribution in [0.3, 0.4) is 0 Å². The van der Waals surface area contributed by atoms with E-state index >= 15 is 0 Å². The molecule has 0 radical (unpaired) electrons. The number of likely N-dealkylation sites (tertiary alicyclic amines) is 1. The first-order valence-corrected chi connectivity index (χ1v) is 10.1. The maximum Gasteiger partial charge on any atom is 0.473 e. The zero-order valence-electron chi connectivity index (χ0n) is 17.2. The normalized spacial score (nSPS) is 19.7. The average Bonchev–Trinajstić information content (AvgIpc) is 3.31. The van der Waals surface area contributed by atoms with Crippen molar-refractivity contribution in [3.63, 3.8) is 0 Å². The molecule has 1 atom stereocenters. The first-order valence-electron chi connectivity index (χ1n) is 10.1. The maximum atomic E-state index is 12.7. The Morgan fingerprint density at radius 2 is 1.72 bits per heavy atom. The second-order valence-corrected chi connectivity index (χ2v) is 7.49. The Labute approximate surface area is 182 Å². The van der Waals surface area contributed by atoms with Gasteiger partial charge in [-0.1, -0.05) is 12.1 Å². The Bertz CT molecular complexity index is 882. The number of alkyl halides is 3. The molecule has 0 saturated carbocycles. The standard InChI is InChI=1S/C20H24F3N5O4/c21-20(22,23)18(30)26-16(24)13-3-5-14(6-4-13)17(29)25-11-15-12-32-10-9-28(15)19(31)27-7-1-2-8-27/h3-6,15H,1-2,7-12H2,(H,25,29)(H2,24,26,30). The van der Waals surface area contributed by atoms with Crippen LogP contribution < -0.4 is 11.1 Å². The summed E-state index contributed by atoms with van der Waals surface area (Å²) in [5.41, 5.74) is 5.75. The van der Waals surface area contributed by atoms with E-state index in [0.717, 1.165) is 25.9 Å². The molecule has 0 spiro atoms. The molecule has 1 aromatic rings. The number of aliphatic imine (C=N–C) groups is 1. The van der Waals surface area contributed by atoms with Crippen molar-refractivity contribution in [2.24, 2.45) is 10.7 Å². The molecule has 0 bridgehead atoms. The van der Waals surface area contributed by atoms with Crippen LogP contribution in [0.5, 0.6) is 0 Å². The molecule has 1 aromatic carbocycles. The molecule has 0 aromatic heterocycles. The monoisotopic (exact) mass is 455 g/mol. The first-order chi connectivity index (χ1) is 15.2. The summed E-state index contributed by atoms with van der Waals surface area (Å²) in [4.78, 5) is 42.5. The predicted molar refractivity (Wildman–Crippen MR) is 108 cm³/mol. The molecule has 3 rings (SSSR count). The van der Waals surface area contributed by atoms with Gasteiger partial charge < -0.3 is 25.6 Å². The molecule has 2 fully saturated rings. The zero-order valence-corrected chi connectivity index (χ0v) is 17.2. The number of hydrogen-bond acceptors (Lipinski definition) is 4. The highest BCUT2D eigenvalue weighted by Gasteiger charge is 2.39. The number of carbonyl (C=O) groups is 3. The number of nitrogens with one attached hydrogen (secondary N) is 1. The van der Waals surface area contributed by atoms with Gasteiger partial charge in [0.05, 0.1) is 19.3 Å². The van der Waals surface area contributed by atoms with E-state index in [1.54, 1.807) is 9.80 Å². The van der Waals surface area contributed by atoms with E-state index in [-0.39, 0.29) is 29.7 Å². The van der Waals surface area contributed by atoms with Gasteiger partial charge in [0.1, 0.15) is 5.84 Å².